The van der Waals surface area contributed by atoms with Crippen molar-refractivity contribution >= 4 is 0 Å². The maximum Gasteiger partial charge on any atom is 0.229 e. The first-order valence-corrected chi connectivity index (χ1v) is 22.3. The summed E-state index contributed by atoms with van der Waals surface area (Å²) in [6.07, 6.45) is -20.3. The lowest BCUT2D eigenvalue weighted by Crippen LogP contribution is -2.65. The first kappa shape index (κ1) is 50.0. The number of hydrogen-bond donors (Lipinski definition) is 8. The third-order valence-electron chi connectivity index (χ3n) is 12.3. The summed E-state index contributed by atoms with van der Waals surface area (Å²) in [5.74, 6) is 2.17. The van der Waals surface area contributed by atoms with Crippen molar-refractivity contribution in [2.45, 2.75) is 179 Å². The lowest BCUT2D eigenvalue weighted by atomic mass is 9.96. The van der Waals surface area contributed by atoms with Gasteiger partial charge in [-0.1, -0.05) is 72.7 Å². The third-order valence-corrected chi connectivity index (χ3v) is 12.3. The molecule has 0 aromatic heterocycles. The summed E-state index contributed by atoms with van der Waals surface area (Å²) in [6, 6.07) is 15.4. The van der Waals surface area contributed by atoms with Crippen molar-refractivity contribution in [2.75, 3.05) is 13.2 Å². The molecule has 3 aromatic rings. The molecule has 0 amide bonds. The van der Waals surface area contributed by atoms with Crippen LogP contribution in [0.3, 0.4) is 0 Å². The molecule has 356 valence electrons. The van der Waals surface area contributed by atoms with E-state index >= 15 is 0 Å². The fraction of sp³-hybridized carbons (Fsp3) is 0.625. The molecule has 0 radical (unpaired) electrons. The molecule has 3 fully saturated rings. The number of aryl methyl sites for hydroxylation is 2. The molecular formula is C48H68O16. The van der Waals surface area contributed by atoms with E-state index in [9.17, 15) is 40.9 Å². The Kier molecular flexibility index (Phi) is 16.7. The Labute approximate surface area is 375 Å². The molecule has 3 aliphatic heterocycles. The van der Waals surface area contributed by atoms with Crippen LogP contribution < -0.4 is 14.2 Å². The maximum absolute atomic E-state index is 11.7. The summed E-state index contributed by atoms with van der Waals surface area (Å²) in [5, 5.41) is 87.3. The van der Waals surface area contributed by atoms with Gasteiger partial charge in [0.05, 0.1) is 25.4 Å². The van der Waals surface area contributed by atoms with E-state index in [1.807, 2.05) is 76.2 Å². The molecule has 16 heteroatoms. The monoisotopic (exact) mass is 900 g/mol. The number of aliphatic hydroxyl groups is 8. The fourth-order valence-electron chi connectivity index (χ4n) is 8.17. The minimum absolute atomic E-state index is 0.0154. The lowest BCUT2D eigenvalue weighted by molar-refractivity contribution is -0.368. The van der Waals surface area contributed by atoms with Gasteiger partial charge in [0.1, 0.15) is 66.4 Å². The second-order valence-electron chi connectivity index (χ2n) is 18.1. The van der Waals surface area contributed by atoms with Gasteiger partial charge in [-0.2, -0.15) is 0 Å². The zero-order chi connectivity index (χ0) is 46.7. The predicted molar refractivity (Wildman–Crippen MR) is 233 cm³/mol. The molecule has 3 heterocycles. The van der Waals surface area contributed by atoms with Crippen molar-refractivity contribution in [3.63, 3.8) is 0 Å². The van der Waals surface area contributed by atoms with E-state index in [1.54, 1.807) is 6.92 Å². The molecule has 8 N–H and O–H groups in total. The van der Waals surface area contributed by atoms with Crippen LogP contribution in [0.5, 0.6) is 28.7 Å². The molecular weight excluding hydrogens is 833 g/mol. The van der Waals surface area contributed by atoms with E-state index in [0.29, 0.717) is 17.9 Å². The smallest absolute Gasteiger partial charge is 0.229 e. The fourth-order valence-corrected chi connectivity index (χ4v) is 8.17. The third kappa shape index (κ3) is 11.0. The van der Waals surface area contributed by atoms with Crippen molar-refractivity contribution in [3.8, 4) is 28.7 Å². The topological polar surface area (TPSA) is 236 Å². The molecule has 6 rings (SSSR count). The van der Waals surface area contributed by atoms with Crippen LogP contribution >= 0.6 is 0 Å². The standard InChI is InChI=1S/C48H68O16/c1-10-31-39(52)30(51)19-38(59-31)62-45-36(20-49)60-48(42(55)40(45)53)64-46-37(21-50)61-47(43(56)41(46)54)63-44-34(57-32-13-11-27(22(2)3)15-25(32)8)17-29(24(6)7)18-35(44)58-33-14-12-28(23(4)5)16-26(33)9/h11-18,22-24,30-31,36-43,45-56H,10,19-21H2,1-9H3. The Morgan fingerprint density at radius 3 is 1.47 bits per heavy atom. The van der Waals surface area contributed by atoms with Crippen molar-refractivity contribution in [3.05, 3.63) is 76.3 Å². The zero-order valence-corrected chi connectivity index (χ0v) is 38.1. The van der Waals surface area contributed by atoms with E-state index in [-0.39, 0.29) is 41.4 Å². The highest BCUT2D eigenvalue weighted by Crippen LogP contribution is 2.47. The molecule has 14 unspecified atom stereocenters. The van der Waals surface area contributed by atoms with Gasteiger partial charge in [0.2, 0.25) is 12.0 Å². The van der Waals surface area contributed by atoms with Crippen LogP contribution in [-0.2, 0) is 23.7 Å². The van der Waals surface area contributed by atoms with Gasteiger partial charge in [0.15, 0.2) is 24.1 Å². The number of hydrogen-bond acceptors (Lipinski definition) is 16. The average Bonchev–Trinajstić information content (AvgIpc) is 3.25. The Hall–Kier alpha value is -3.46. The van der Waals surface area contributed by atoms with Crippen molar-refractivity contribution in [1.29, 1.82) is 0 Å². The van der Waals surface area contributed by atoms with Gasteiger partial charge < -0.3 is 78.7 Å². The van der Waals surface area contributed by atoms with Crippen LogP contribution in [0.25, 0.3) is 0 Å². The minimum Gasteiger partial charge on any atom is -0.454 e. The normalized spacial score (nSPS) is 32.3. The van der Waals surface area contributed by atoms with Gasteiger partial charge in [-0.05, 0) is 90.1 Å². The first-order chi connectivity index (χ1) is 30.3. The predicted octanol–water partition coefficient (Wildman–Crippen LogP) is 4.53. The van der Waals surface area contributed by atoms with Crippen LogP contribution in [0.15, 0.2) is 48.5 Å². The van der Waals surface area contributed by atoms with E-state index in [4.69, 9.17) is 37.9 Å². The molecule has 0 saturated carbocycles. The van der Waals surface area contributed by atoms with Gasteiger partial charge >= 0.3 is 0 Å². The molecule has 0 aliphatic carbocycles. The highest BCUT2D eigenvalue weighted by Gasteiger charge is 2.53. The van der Waals surface area contributed by atoms with Crippen LogP contribution in [0.1, 0.15) is 107 Å². The van der Waals surface area contributed by atoms with E-state index in [1.165, 1.54) is 0 Å². The highest BCUT2D eigenvalue weighted by atomic mass is 16.8. The zero-order valence-electron chi connectivity index (χ0n) is 38.1. The van der Waals surface area contributed by atoms with E-state index in [2.05, 4.69) is 27.7 Å². The average molecular weight is 901 g/mol. The maximum atomic E-state index is 11.7. The molecule has 0 spiro atoms. The van der Waals surface area contributed by atoms with E-state index in [0.717, 1.165) is 27.8 Å². The Balaban J connectivity index is 1.27. The second-order valence-corrected chi connectivity index (χ2v) is 18.1. The summed E-state index contributed by atoms with van der Waals surface area (Å²) >= 11 is 0. The summed E-state index contributed by atoms with van der Waals surface area (Å²) in [5.41, 5.74) is 4.84. The Morgan fingerprint density at radius 2 is 1.02 bits per heavy atom. The number of aliphatic hydroxyl groups excluding tert-OH is 8. The first-order valence-electron chi connectivity index (χ1n) is 22.3. The van der Waals surface area contributed by atoms with Crippen LogP contribution in [0.4, 0.5) is 0 Å². The van der Waals surface area contributed by atoms with Crippen LogP contribution in [-0.4, -0.2) is 140 Å². The number of benzene rings is 3. The molecule has 3 aliphatic rings. The van der Waals surface area contributed by atoms with Gasteiger partial charge in [-0.3, -0.25) is 0 Å². The summed E-state index contributed by atoms with van der Waals surface area (Å²) in [7, 11) is 0. The SMILES string of the molecule is CCC1OC(OC2C(CO)OC(OC3C(CO)OC(Oc4c(Oc5ccc(C(C)C)cc5C)cc(C(C)C)cc4Oc4ccc(C(C)C)cc4C)C(O)C3O)C(O)C2O)CC(O)C1O. The molecule has 14 atom stereocenters. The summed E-state index contributed by atoms with van der Waals surface area (Å²) in [4.78, 5) is 0. The Bertz CT molecular complexity index is 1910. The molecule has 16 nitrogen and oxygen atoms in total. The summed E-state index contributed by atoms with van der Waals surface area (Å²) < 4.78 is 49.3. The largest absolute Gasteiger partial charge is 0.454 e. The quantitative estimate of drug-likeness (QED) is 0.0986. The molecule has 3 aromatic carbocycles. The van der Waals surface area contributed by atoms with Gasteiger partial charge in [0, 0.05) is 6.42 Å². The van der Waals surface area contributed by atoms with E-state index < -0.39 is 99.2 Å². The molecule has 64 heavy (non-hydrogen) atoms. The molecule has 3 saturated heterocycles. The Morgan fingerprint density at radius 1 is 0.547 bits per heavy atom. The van der Waals surface area contributed by atoms with Gasteiger partial charge in [-0.15, -0.1) is 0 Å². The minimum atomic E-state index is -1.85. The second kappa shape index (κ2) is 21.4. The lowest BCUT2D eigenvalue weighted by Gasteiger charge is -2.47. The highest BCUT2D eigenvalue weighted by molar-refractivity contribution is 5.58. The molecule has 0 bridgehead atoms. The van der Waals surface area contributed by atoms with Crippen molar-refractivity contribution in [1.82, 2.24) is 0 Å². The van der Waals surface area contributed by atoms with Gasteiger partial charge in [-0.25, -0.2) is 0 Å². The van der Waals surface area contributed by atoms with Gasteiger partial charge in [0.25, 0.3) is 0 Å². The van der Waals surface area contributed by atoms with Crippen molar-refractivity contribution < 1.29 is 78.7 Å². The van der Waals surface area contributed by atoms with Crippen molar-refractivity contribution in [2.24, 2.45) is 0 Å². The van der Waals surface area contributed by atoms with Crippen LogP contribution in [0, 0.1) is 13.8 Å². The number of rotatable bonds is 16. The summed E-state index contributed by atoms with van der Waals surface area (Å²) in [6.45, 7) is 16.6. The van der Waals surface area contributed by atoms with Crippen LogP contribution in [0.2, 0.25) is 0 Å². The number of ether oxygens (including phenoxy) is 8.